The molecular formula is C26H48O9. The van der Waals surface area contributed by atoms with E-state index >= 15 is 0 Å². The standard InChI is InChI=1S/C26H48O9/c1-19(2)9-6-10-20(3)11-7-12-21(4)13-8-14-26(5,35-25(32)17-29)22(34-24(31)16-28)18-33-23(30)15-27/h19-22,27-29H,6-18H2,1-5H3. The van der Waals surface area contributed by atoms with E-state index in [9.17, 15) is 14.4 Å². The Hall–Kier alpha value is -1.71. The van der Waals surface area contributed by atoms with Gasteiger partial charge in [0.25, 0.3) is 0 Å². The third-order valence-electron chi connectivity index (χ3n) is 6.33. The predicted molar refractivity (Wildman–Crippen MR) is 131 cm³/mol. The summed E-state index contributed by atoms with van der Waals surface area (Å²) in [4.78, 5) is 35.0. The van der Waals surface area contributed by atoms with E-state index in [1.807, 2.05) is 0 Å². The number of rotatable bonds is 20. The first-order valence-corrected chi connectivity index (χ1v) is 12.9. The molecule has 9 nitrogen and oxygen atoms in total. The molecule has 0 saturated carbocycles. The van der Waals surface area contributed by atoms with Gasteiger partial charge in [0.2, 0.25) is 0 Å². The number of esters is 3. The molecule has 0 fully saturated rings. The highest BCUT2D eigenvalue weighted by atomic mass is 16.6. The first-order chi connectivity index (χ1) is 16.5. The second-order valence-electron chi connectivity index (χ2n) is 10.3. The normalized spacial score (nSPS) is 15.7. The SMILES string of the molecule is CC(C)CCCC(C)CCCC(C)CCCC(C)(OC(=O)CO)C(COC(=O)CO)OC(=O)CO. The summed E-state index contributed by atoms with van der Waals surface area (Å²) in [5.74, 6) is -0.911. The molecule has 3 N–H and O–H groups in total. The van der Waals surface area contributed by atoms with Gasteiger partial charge >= 0.3 is 17.9 Å². The fourth-order valence-corrected chi connectivity index (χ4v) is 4.09. The van der Waals surface area contributed by atoms with E-state index in [1.165, 1.54) is 32.6 Å². The Morgan fingerprint density at radius 3 is 1.69 bits per heavy atom. The van der Waals surface area contributed by atoms with Crippen molar-refractivity contribution in [3.63, 3.8) is 0 Å². The van der Waals surface area contributed by atoms with Crippen molar-refractivity contribution in [2.75, 3.05) is 26.4 Å². The number of hydrogen-bond acceptors (Lipinski definition) is 9. The van der Waals surface area contributed by atoms with Crippen LogP contribution in [-0.4, -0.2) is 71.4 Å². The van der Waals surface area contributed by atoms with E-state index < -0.39 is 56.0 Å². The lowest BCUT2D eigenvalue weighted by atomic mass is 9.88. The number of carbonyl (C=O) groups is 3. The molecule has 4 unspecified atom stereocenters. The third kappa shape index (κ3) is 15.8. The van der Waals surface area contributed by atoms with Crippen molar-refractivity contribution in [1.29, 1.82) is 0 Å². The summed E-state index contributed by atoms with van der Waals surface area (Å²) in [5.41, 5.74) is -1.40. The van der Waals surface area contributed by atoms with Crippen molar-refractivity contribution in [2.24, 2.45) is 17.8 Å². The van der Waals surface area contributed by atoms with E-state index in [2.05, 4.69) is 27.7 Å². The lowest BCUT2D eigenvalue weighted by molar-refractivity contribution is -0.196. The molecule has 35 heavy (non-hydrogen) atoms. The fourth-order valence-electron chi connectivity index (χ4n) is 4.09. The third-order valence-corrected chi connectivity index (χ3v) is 6.33. The van der Waals surface area contributed by atoms with Gasteiger partial charge < -0.3 is 29.5 Å². The van der Waals surface area contributed by atoms with E-state index in [0.29, 0.717) is 18.3 Å². The summed E-state index contributed by atoms with van der Waals surface area (Å²) in [6.45, 7) is 7.43. The summed E-state index contributed by atoms with van der Waals surface area (Å²) in [7, 11) is 0. The van der Waals surface area contributed by atoms with Crippen LogP contribution in [0, 0.1) is 17.8 Å². The van der Waals surface area contributed by atoms with Gasteiger partial charge in [0.05, 0.1) is 0 Å². The summed E-state index contributed by atoms with van der Waals surface area (Å²) in [6.07, 6.45) is 7.80. The molecule has 0 aliphatic rings. The maximum Gasteiger partial charge on any atom is 0.332 e. The van der Waals surface area contributed by atoms with Crippen LogP contribution in [0.2, 0.25) is 0 Å². The van der Waals surface area contributed by atoms with Gasteiger partial charge in [0.15, 0.2) is 6.10 Å². The van der Waals surface area contributed by atoms with E-state index in [-0.39, 0.29) is 6.42 Å². The zero-order chi connectivity index (χ0) is 26.9. The zero-order valence-corrected chi connectivity index (χ0v) is 22.3. The number of ether oxygens (including phenoxy) is 3. The number of carbonyl (C=O) groups excluding carboxylic acids is 3. The summed E-state index contributed by atoms with van der Waals surface area (Å²) in [5, 5.41) is 27.1. The van der Waals surface area contributed by atoms with Gasteiger partial charge in [0, 0.05) is 0 Å². The molecule has 0 saturated heterocycles. The van der Waals surface area contributed by atoms with Crippen molar-refractivity contribution in [1.82, 2.24) is 0 Å². The molecule has 0 amide bonds. The molecule has 0 bridgehead atoms. The van der Waals surface area contributed by atoms with Crippen LogP contribution < -0.4 is 0 Å². The second-order valence-corrected chi connectivity index (χ2v) is 10.3. The fraction of sp³-hybridized carbons (Fsp3) is 0.885. The molecule has 0 radical (unpaired) electrons. The van der Waals surface area contributed by atoms with Gasteiger partial charge in [-0.3, -0.25) is 0 Å². The van der Waals surface area contributed by atoms with Gasteiger partial charge in [-0.1, -0.05) is 72.6 Å². The molecule has 206 valence electrons. The maximum atomic E-state index is 11.9. The van der Waals surface area contributed by atoms with Crippen LogP contribution in [-0.2, 0) is 28.6 Å². The van der Waals surface area contributed by atoms with Gasteiger partial charge in [0.1, 0.15) is 32.0 Å². The Labute approximate surface area is 210 Å². The summed E-state index contributed by atoms with van der Waals surface area (Å²) in [6, 6.07) is 0. The largest absolute Gasteiger partial charge is 0.460 e. The Morgan fingerprint density at radius 1 is 0.714 bits per heavy atom. The average Bonchev–Trinajstić information content (AvgIpc) is 2.80. The number of aliphatic hydroxyl groups excluding tert-OH is 3. The predicted octanol–water partition coefficient (Wildman–Crippen LogP) is 3.16. The molecule has 0 rings (SSSR count). The van der Waals surface area contributed by atoms with Gasteiger partial charge in [-0.05, 0) is 37.5 Å². The van der Waals surface area contributed by atoms with E-state index in [4.69, 9.17) is 29.5 Å². The smallest absolute Gasteiger partial charge is 0.332 e. The molecule has 0 spiro atoms. The Balaban J connectivity index is 4.90. The Kier molecular flexibility index (Phi) is 17.6. The van der Waals surface area contributed by atoms with Crippen LogP contribution in [0.1, 0.15) is 92.4 Å². The average molecular weight is 505 g/mol. The summed E-state index contributed by atoms with van der Waals surface area (Å²) < 4.78 is 15.5. The second kappa shape index (κ2) is 18.5. The van der Waals surface area contributed by atoms with Gasteiger partial charge in [-0.25, -0.2) is 14.4 Å². The first kappa shape index (κ1) is 33.3. The van der Waals surface area contributed by atoms with Crippen LogP contribution in [0.15, 0.2) is 0 Å². The van der Waals surface area contributed by atoms with Crippen molar-refractivity contribution < 1.29 is 43.9 Å². The highest BCUT2D eigenvalue weighted by molar-refractivity contribution is 5.72. The first-order valence-electron chi connectivity index (χ1n) is 12.9. The molecular weight excluding hydrogens is 456 g/mol. The Morgan fingerprint density at radius 2 is 1.20 bits per heavy atom. The minimum Gasteiger partial charge on any atom is -0.460 e. The highest BCUT2D eigenvalue weighted by Crippen LogP contribution is 2.29. The van der Waals surface area contributed by atoms with E-state index in [1.54, 1.807) is 0 Å². The van der Waals surface area contributed by atoms with Crippen LogP contribution in [0.25, 0.3) is 0 Å². The number of aliphatic hydroxyl groups is 3. The van der Waals surface area contributed by atoms with Crippen molar-refractivity contribution in [2.45, 2.75) is 104 Å². The zero-order valence-electron chi connectivity index (χ0n) is 22.3. The number of hydrogen-bond donors (Lipinski definition) is 3. The van der Waals surface area contributed by atoms with Crippen LogP contribution in [0.4, 0.5) is 0 Å². The monoisotopic (exact) mass is 504 g/mol. The van der Waals surface area contributed by atoms with Crippen molar-refractivity contribution in [3.8, 4) is 0 Å². The highest BCUT2D eigenvalue weighted by Gasteiger charge is 2.41. The molecule has 0 aliphatic heterocycles. The lowest BCUT2D eigenvalue weighted by Crippen LogP contribution is -2.50. The van der Waals surface area contributed by atoms with Crippen LogP contribution in [0.3, 0.4) is 0 Å². The molecule has 9 heteroatoms. The van der Waals surface area contributed by atoms with Crippen molar-refractivity contribution in [3.05, 3.63) is 0 Å². The van der Waals surface area contributed by atoms with Gasteiger partial charge in [-0.2, -0.15) is 0 Å². The lowest BCUT2D eigenvalue weighted by Gasteiger charge is -2.36. The molecule has 0 aromatic carbocycles. The minimum atomic E-state index is -1.40. The molecule has 0 aromatic heterocycles. The minimum absolute atomic E-state index is 0.286. The molecule has 4 atom stereocenters. The van der Waals surface area contributed by atoms with Crippen LogP contribution in [0.5, 0.6) is 0 Å². The van der Waals surface area contributed by atoms with Crippen molar-refractivity contribution >= 4 is 17.9 Å². The van der Waals surface area contributed by atoms with Gasteiger partial charge in [-0.15, -0.1) is 0 Å². The summed E-state index contributed by atoms with van der Waals surface area (Å²) >= 11 is 0. The van der Waals surface area contributed by atoms with E-state index in [0.717, 1.165) is 25.2 Å². The Bertz CT molecular complexity index is 608. The molecule has 0 aromatic rings. The molecule has 0 heterocycles. The maximum absolute atomic E-state index is 11.9. The van der Waals surface area contributed by atoms with Crippen LogP contribution >= 0.6 is 0 Å². The topological polar surface area (TPSA) is 140 Å². The molecule has 0 aliphatic carbocycles. The quantitative estimate of drug-likeness (QED) is 0.168.